The zero-order valence-electron chi connectivity index (χ0n) is 16.4. The summed E-state index contributed by atoms with van der Waals surface area (Å²) in [6.45, 7) is 1.32. The van der Waals surface area contributed by atoms with E-state index in [0.717, 1.165) is 4.48 Å². The molecule has 1 nitrogen and oxygen atoms in total. The van der Waals surface area contributed by atoms with Gasteiger partial charge in [-0.3, -0.25) is 0 Å². The van der Waals surface area contributed by atoms with Gasteiger partial charge in [0.25, 0.3) is 0 Å². The number of nitrogens with zero attached hydrogens (tertiary/aromatic N) is 1. The van der Waals surface area contributed by atoms with Crippen LogP contribution in [0.3, 0.4) is 0 Å². The number of unbranched alkanes of at least 4 members (excludes halogenated alkanes) is 10. The SMILES string of the molecule is C[N+](C)(C)CCCCCCCCCCCCCc1ccccc1.[Cl-]. The number of rotatable bonds is 14. The summed E-state index contributed by atoms with van der Waals surface area (Å²) in [6, 6.07) is 10.9. The van der Waals surface area contributed by atoms with Gasteiger partial charge in [0.2, 0.25) is 0 Å². The highest BCUT2D eigenvalue weighted by Gasteiger charge is 2.04. The molecule has 0 aliphatic rings. The smallest absolute Gasteiger partial charge is 0.0780 e. The zero-order valence-corrected chi connectivity index (χ0v) is 17.2. The quantitative estimate of drug-likeness (QED) is 0.356. The second kappa shape index (κ2) is 14.8. The van der Waals surface area contributed by atoms with E-state index in [2.05, 4.69) is 51.5 Å². The Hall–Kier alpha value is -0.530. The summed E-state index contributed by atoms with van der Waals surface area (Å²) in [7, 11) is 6.87. The molecular weight excluding hydrogens is 314 g/mol. The second-order valence-electron chi connectivity index (χ2n) is 8.14. The third-order valence-electron chi connectivity index (χ3n) is 4.64. The molecule has 0 saturated carbocycles. The van der Waals surface area contributed by atoms with Crippen molar-refractivity contribution in [2.75, 3.05) is 27.7 Å². The van der Waals surface area contributed by atoms with Crippen LogP contribution >= 0.6 is 0 Å². The van der Waals surface area contributed by atoms with Gasteiger partial charge in [-0.2, -0.15) is 0 Å². The maximum absolute atomic E-state index is 2.29. The van der Waals surface area contributed by atoms with Gasteiger partial charge in [0, 0.05) is 0 Å². The normalized spacial score (nSPS) is 11.3. The molecule has 0 unspecified atom stereocenters. The number of hydrogen-bond acceptors (Lipinski definition) is 0. The highest BCUT2D eigenvalue weighted by Crippen LogP contribution is 2.13. The van der Waals surface area contributed by atoms with Crippen molar-refractivity contribution in [1.29, 1.82) is 0 Å². The molecule has 0 fully saturated rings. The molecular formula is C22H40ClN. The Kier molecular flexibility index (Phi) is 14.5. The largest absolute Gasteiger partial charge is 1.00 e. The van der Waals surface area contributed by atoms with Crippen LogP contribution in [0.25, 0.3) is 0 Å². The first-order chi connectivity index (χ1) is 11.1. The number of halogens is 1. The van der Waals surface area contributed by atoms with Crippen LogP contribution in [0.1, 0.15) is 76.2 Å². The van der Waals surface area contributed by atoms with Crippen molar-refractivity contribution in [2.24, 2.45) is 0 Å². The van der Waals surface area contributed by atoms with Gasteiger partial charge in [0.05, 0.1) is 27.7 Å². The fourth-order valence-electron chi connectivity index (χ4n) is 3.15. The van der Waals surface area contributed by atoms with Gasteiger partial charge in [-0.05, 0) is 31.2 Å². The van der Waals surface area contributed by atoms with E-state index >= 15 is 0 Å². The molecule has 0 saturated heterocycles. The highest BCUT2D eigenvalue weighted by atomic mass is 35.5. The molecule has 140 valence electrons. The Morgan fingerprint density at radius 2 is 1.00 bits per heavy atom. The Morgan fingerprint density at radius 3 is 1.46 bits per heavy atom. The van der Waals surface area contributed by atoms with Gasteiger partial charge < -0.3 is 16.9 Å². The Balaban J connectivity index is 0.00000529. The average Bonchev–Trinajstić information content (AvgIpc) is 2.52. The summed E-state index contributed by atoms with van der Waals surface area (Å²) in [5.74, 6) is 0. The molecule has 0 atom stereocenters. The van der Waals surface area contributed by atoms with Gasteiger partial charge in [0.15, 0.2) is 0 Å². The fraction of sp³-hybridized carbons (Fsp3) is 0.727. The van der Waals surface area contributed by atoms with Crippen molar-refractivity contribution in [2.45, 2.75) is 77.0 Å². The first kappa shape index (κ1) is 23.5. The number of aryl methyl sites for hydroxylation is 1. The lowest BCUT2D eigenvalue weighted by Gasteiger charge is -2.23. The minimum atomic E-state index is 0. The van der Waals surface area contributed by atoms with Gasteiger partial charge in [-0.15, -0.1) is 0 Å². The van der Waals surface area contributed by atoms with E-state index in [-0.39, 0.29) is 12.4 Å². The maximum Gasteiger partial charge on any atom is 0.0780 e. The van der Waals surface area contributed by atoms with Crippen molar-refractivity contribution >= 4 is 0 Å². The van der Waals surface area contributed by atoms with Crippen molar-refractivity contribution in [3.05, 3.63) is 35.9 Å². The molecule has 0 spiro atoms. The van der Waals surface area contributed by atoms with Crippen LogP contribution in [0.5, 0.6) is 0 Å². The van der Waals surface area contributed by atoms with Crippen LogP contribution in [-0.2, 0) is 6.42 Å². The molecule has 0 aromatic heterocycles. The van der Waals surface area contributed by atoms with Crippen molar-refractivity contribution in [1.82, 2.24) is 0 Å². The Bertz CT molecular complexity index is 369. The standard InChI is InChI=1S/C22H40N.ClH/c1-23(2,3)21-17-12-10-8-6-4-5-7-9-11-14-18-22-19-15-13-16-20-22;/h13,15-16,19-20H,4-12,14,17-18,21H2,1-3H3;1H/q+1;/p-1. The molecule has 1 aromatic rings. The van der Waals surface area contributed by atoms with E-state index in [0.29, 0.717) is 0 Å². The molecule has 0 N–H and O–H groups in total. The summed E-state index contributed by atoms with van der Waals surface area (Å²) in [5, 5.41) is 0. The monoisotopic (exact) mass is 353 g/mol. The average molecular weight is 354 g/mol. The molecule has 0 heterocycles. The lowest BCUT2D eigenvalue weighted by atomic mass is 10.0. The summed E-state index contributed by atoms with van der Waals surface area (Å²) < 4.78 is 1.12. The van der Waals surface area contributed by atoms with Crippen LogP contribution in [0.15, 0.2) is 30.3 Å². The summed E-state index contributed by atoms with van der Waals surface area (Å²) >= 11 is 0. The molecule has 0 aliphatic carbocycles. The van der Waals surface area contributed by atoms with Crippen molar-refractivity contribution < 1.29 is 16.9 Å². The molecule has 0 aliphatic heterocycles. The number of quaternary nitrogens is 1. The lowest BCUT2D eigenvalue weighted by Crippen LogP contribution is -3.00. The van der Waals surface area contributed by atoms with Crippen LogP contribution in [0, 0.1) is 0 Å². The van der Waals surface area contributed by atoms with Gasteiger partial charge in [-0.1, -0.05) is 81.7 Å². The molecule has 0 radical (unpaired) electrons. The summed E-state index contributed by atoms with van der Waals surface area (Å²) in [4.78, 5) is 0. The maximum atomic E-state index is 2.29. The third-order valence-corrected chi connectivity index (χ3v) is 4.64. The van der Waals surface area contributed by atoms with Gasteiger partial charge in [-0.25, -0.2) is 0 Å². The van der Waals surface area contributed by atoms with E-state index in [1.54, 1.807) is 0 Å². The first-order valence-electron chi connectivity index (χ1n) is 9.92. The molecule has 2 heteroatoms. The fourth-order valence-corrected chi connectivity index (χ4v) is 3.15. The lowest BCUT2D eigenvalue weighted by molar-refractivity contribution is -0.870. The minimum Gasteiger partial charge on any atom is -1.00 e. The highest BCUT2D eigenvalue weighted by molar-refractivity contribution is 5.14. The summed E-state index contributed by atoms with van der Waals surface area (Å²) in [5.41, 5.74) is 1.50. The van der Waals surface area contributed by atoms with E-state index in [4.69, 9.17) is 0 Å². The predicted molar refractivity (Wildman–Crippen MR) is 104 cm³/mol. The predicted octanol–water partition coefficient (Wildman–Crippen LogP) is 3.23. The van der Waals surface area contributed by atoms with E-state index in [9.17, 15) is 0 Å². The zero-order chi connectivity index (χ0) is 16.8. The first-order valence-corrected chi connectivity index (χ1v) is 9.92. The van der Waals surface area contributed by atoms with E-state index < -0.39 is 0 Å². The molecule has 0 bridgehead atoms. The van der Waals surface area contributed by atoms with Gasteiger partial charge >= 0.3 is 0 Å². The van der Waals surface area contributed by atoms with Crippen LogP contribution in [0.2, 0.25) is 0 Å². The number of hydrogen-bond donors (Lipinski definition) is 0. The molecule has 24 heavy (non-hydrogen) atoms. The molecule has 1 aromatic carbocycles. The van der Waals surface area contributed by atoms with Crippen LogP contribution in [-0.4, -0.2) is 32.2 Å². The Labute approximate surface area is 157 Å². The van der Waals surface area contributed by atoms with Crippen molar-refractivity contribution in [3.63, 3.8) is 0 Å². The van der Waals surface area contributed by atoms with Gasteiger partial charge in [0.1, 0.15) is 0 Å². The minimum absolute atomic E-state index is 0. The van der Waals surface area contributed by atoms with E-state index in [1.165, 1.54) is 89.2 Å². The Morgan fingerprint density at radius 1 is 0.583 bits per heavy atom. The molecule has 0 amide bonds. The van der Waals surface area contributed by atoms with Crippen LogP contribution in [0.4, 0.5) is 0 Å². The van der Waals surface area contributed by atoms with Crippen LogP contribution < -0.4 is 12.4 Å². The third kappa shape index (κ3) is 15.0. The topological polar surface area (TPSA) is 0 Å². The number of benzene rings is 1. The second-order valence-corrected chi connectivity index (χ2v) is 8.14. The molecule has 1 rings (SSSR count). The van der Waals surface area contributed by atoms with Crippen molar-refractivity contribution in [3.8, 4) is 0 Å². The summed E-state index contributed by atoms with van der Waals surface area (Å²) in [6.07, 6.45) is 17.0. The van der Waals surface area contributed by atoms with E-state index in [1.807, 2.05) is 0 Å².